The molecule has 2 saturated heterocycles. The van der Waals surface area contributed by atoms with Crippen LogP contribution in [0.15, 0.2) is 66.7 Å². The quantitative estimate of drug-likeness (QED) is 0.496. The van der Waals surface area contributed by atoms with Gasteiger partial charge in [0.25, 0.3) is 11.8 Å². The molecule has 37 heavy (non-hydrogen) atoms. The zero-order chi connectivity index (χ0) is 25.6. The molecule has 0 spiro atoms. The summed E-state index contributed by atoms with van der Waals surface area (Å²) in [6.45, 7) is 6.15. The van der Waals surface area contributed by atoms with E-state index < -0.39 is 0 Å². The molecule has 2 aliphatic heterocycles. The van der Waals surface area contributed by atoms with Gasteiger partial charge in [-0.2, -0.15) is 0 Å². The Morgan fingerprint density at radius 1 is 0.865 bits per heavy atom. The zero-order valence-corrected chi connectivity index (χ0v) is 20.9. The Morgan fingerprint density at radius 3 is 2.38 bits per heavy atom. The first-order chi connectivity index (χ1) is 18.0. The molecule has 3 aromatic carbocycles. The maximum atomic E-state index is 12.9. The summed E-state index contributed by atoms with van der Waals surface area (Å²) in [5.41, 5.74) is 4.28. The second kappa shape index (κ2) is 11.5. The molecule has 2 amide bonds. The summed E-state index contributed by atoms with van der Waals surface area (Å²) in [7, 11) is 0. The van der Waals surface area contributed by atoms with Crippen LogP contribution in [0.3, 0.4) is 0 Å². The van der Waals surface area contributed by atoms with E-state index in [0.717, 1.165) is 30.8 Å². The highest BCUT2D eigenvalue weighted by atomic mass is 16.5. The van der Waals surface area contributed by atoms with E-state index in [9.17, 15) is 9.59 Å². The lowest BCUT2D eigenvalue weighted by atomic mass is 10.1. The number of ether oxygens (including phenoxy) is 3. The summed E-state index contributed by atoms with van der Waals surface area (Å²) in [5, 5.41) is 5.92. The van der Waals surface area contributed by atoms with Crippen LogP contribution >= 0.6 is 0 Å². The number of nitrogens with zero attached hydrogens (tertiary/aromatic N) is 1. The number of amides is 2. The SMILES string of the molecule is Cc1cc(NC(=O)c2cccc(N3CCOCC3)c2)ccc1NC(=O)c1cccc(OC2CCOC2)c1. The number of anilines is 3. The van der Waals surface area contributed by atoms with Gasteiger partial charge in [-0.15, -0.1) is 0 Å². The molecule has 8 nitrogen and oxygen atoms in total. The molecule has 2 aliphatic rings. The molecule has 0 aliphatic carbocycles. The first-order valence-electron chi connectivity index (χ1n) is 12.6. The molecular weight excluding hydrogens is 470 g/mol. The van der Waals surface area contributed by atoms with Crippen molar-refractivity contribution in [3.05, 3.63) is 83.4 Å². The lowest BCUT2D eigenvalue weighted by Crippen LogP contribution is -2.36. The van der Waals surface area contributed by atoms with Crippen LogP contribution in [-0.4, -0.2) is 57.4 Å². The van der Waals surface area contributed by atoms with E-state index in [-0.39, 0.29) is 17.9 Å². The highest BCUT2D eigenvalue weighted by Gasteiger charge is 2.18. The first-order valence-corrected chi connectivity index (χ1v) is 12.6. The van der Waals surface area contributed by atoms with Crippen LogP contribution in [0.25, 0.3) is 0 Å². The average Bonchev–Trinajstić information content (AvgIpc) is 3.44. The van der Waals surface area contributed by atoms with Crippen LogP contribution in [0.1, 0.15) is 32.7 Å². The largest absolute Gasteiger partial charge is 0.488 e. The molecular formula is C29H31N3O5. The Kier molecular flexibility index (Phi) is 7.67. The summed E-state index contributed by atoms with van der Waals surface area (Å²) >= 11 is 0. The fourth-order valence-electron chi connectivity index (χ4n) is 4.45. The number of hydrogen-bond acceptors (Lipinski definition) is 6. The molecule has 1 unspecified atom stereocenters. The molecule has 3 aromatic rings. The van der Waals surface area contributed by atoms with E-state index in [4.69, 9.17) is 14.2 Å². The molecule has 192 valence electrons. The number of rotatable bonds is 7. The standard InChI is InChI=1S/C29H31N3O5/c1-20-16-23(30-28(33)21-4-2-6-24(17-21)32-11-14-35-15-12-32)8-9-27(20)31-29(34)22-5-3-7-25(18-22)37-26-10-13-36-19-26/h2-9,16-18,26H,10-15,19H2,1H3,(H,30,33)(H,31,34). The topological polar surface area (TPSA) is 89.1 Å². The lowest BCUT2D eigenvalue weighted by molar-refractivity contribution is 0.101. The van der Waals surface area contributed by atoms with Gasteiger partial charge in [0.2, 0.25) is 0 Å². The fourth-order valence-corrected chi connectivity index (χ4v) is 4.45. The minimum Gasteiger partial charge on any atom is -0.488 e. The summed E-state index contributed by atoms with van der Waals surface area (Å²) in [6.07, 6.45) is 0.864. The molecule has 0 aromatic heterocycles. The third-order valence-corrected chi connectivity index (χ3v) is 6.50. The van der Waals surface area contributed by atoms with E-state index in [0.29, 0.717) is 54.7 Å². The highest BCUT2D eigenvalue weighted by Crippen LogP contribution is 2.24. The van der Waals surface area contributed by atoms with Crippen LogP contribution in [0.2, 0.25) is 0 Å². The third-order valence-electron chi connectivity index (χ3n) is 6.50. The maximum Gasteiger partial charge on any atom is 0.255 e. The van der Waals surface area contributed by atoms with Crippen molar-refractivity contribution in [1.29, 1.82) is 0 Å². The Bertz CT molecular complexity index is 1270. The van der Waals surface area contributed by atoms with Crippen LogP contribution in [0, 0.1) is 6.92 Å². The number of benzene rings is 3. The Hall–Kier alpha value is -3.88. The van der Waals surface area contributed by atoms with Crippen molar-refractivity contribution in [3.63, 3.8) is 0 Å². The smallest absolute Gasteiger partial charge is 0.255 e. The monoisotopic (exact) mass is 501 g/mol. The summed E-state index contributed by atoms with van der Waals surface area (Å²) in [4.78, 5) is 28.0. The van der Waals surface area contributed by atoms with E-state index in [1.807, 2.05) is 37.3 Å². The third kappa shape index (κ3) is 6.28. The molecule has 8 heteroatoms. The number of aryl methyl sites for hydroxylation is 1. The summed E-state index contributed by atoms with van der Waals surface area (Å²) in [6, 6.07) is 20.2. The molecule has 0 bridgehead atoms. The molecule has 0 radical (unpaired) electrons. The predicted octanol–water partition coefficient (Wildman–Crippen LogP) is 4.50. The van der Waals surface area contributed by atoms with E-state index in [2.05, 4.69) is 15.5 Å². The molecule has 2 N–H and O–H groups in total. The second-order valence-electron chi connectivity index (χ2n) is 9.22. The van der Waals surface area contributed by atoms with Gasteiger partial charge in [-0.25, -0.2) is 0 Å². The van der Waals surface area contributed by atoms with Gasteiger partial charge in [0, 0.05) is 47.7 Å². The maximum absolute atomic E-state index is 12.9. The van der Waals surface area contributed by atoms with E-state index in [1.165, 1.54) is 0 Å². The normalized spacial score (nSPS) is 17.3. The number of hydrogen-bond donors (Lipinski definition) is 2. The van der Waals surface area contributed by atoms with E-state index in [1.54, 1.807) is 36.4 Å². The van der Waals surface area contributed by atoms with Gasteiger partial charge < -0.3 is 29.7 Å². The van der Waals surface area contributed by atoms with Gasteiger partial charge >= 0.3 is 0 Å². The number of morpholine rings is 1. The Morgan fingerprint density at radius 2 is 1.62 bits per heavy atom. The van der Waals surface area contributed by atoms with Crippen molar-refractivity contribution in [3.8, 4) is 5.75 Å². The minimum absolute atomic E-state index is 0.0187. The minimum atomic E-state index is -0.229. The molecule has 2 fully saturated rings. The Balaban J connectivity index is 1.21. The molecule has 1 atom stereocenters. The van der Waals surface area contributed by atoms with E-state index >= 15 is 0 Å². The van der Waals surface area contributed by atoms with Gasteiger partial charge in [0.1, 0.15) is 11.9 Å². The summed E-state index contributed by atoms with van der Waals surface area (Å²) in [5.74, 6) is 0.235. The molecule has 0 saturated carbocycles. The molecule has 2 heterocycles. The van der Waals surface area contributed by atoms with Gasteiger partial charge in [0.15, 0.2) is 0 Å². The number of carbonyl (C=O) groups excluding carboxylic acids is 2. The van der Waals surface area contributed by atoms with Crippen LogP contribution in [-0.2, 0) is 9.47 Å². The van der Waals surface area contributed by atoms with Crippen molar-refractivity contribution < 1.29 is 23.8 Å². The molecule has 5 rings (SSSR count). The lowest BCUT2D eigenvalue weighted by Gasteiger charge is -2.29. The van der Waals surface area contributed by atoms with Crippen LogP contribution < -0.4 is 20.3 Å². The van der Waals surface area contributed by atoms with Crippen molar-refractivity contribution in [2.45, 2.75) is 19.4 Å². The Labute approximate surface area is 216 Å². The van der Waals surface area contributed by atoms with Crippen molar-refractivity contribution in [2.75, 3.05) is 55.1 Å². The number of carbonyl (C=O) groups is 2. The van der Waals surface area contributed by atoms with Gasteiger partial charge in [-0.05, 0) is 67.1 Å². The van der Waals surface area contributed by atoms with Crippen molar-refractivity contribution in [2.24, 2.45) is 0 Å². The zero-order valence-electron chi connectivity index (χ0n) is 20.9. The fraction of sp³-hybridized carbons (Fsp3) is 0.310. The summed E-state index contributed by atoms with van der Waals surface area (Å²) < 4.78 is 16.7. The van der Waals surface area contributed by atoms with Gasteiger partial charge in [-0.1, -0.05) is 12.1 Å². The van der Waals surface area contributed by atoms with Crippen molar-refractivity contribution >= 4 is 28.9 Å². The average molecular weight is 502 g/mol. The second-order valence-corrected chi connectivity index (χ2v) is 9.22. The number of nitrogens with one attached hydrogen (secondary N) is 2. The van der Waals surface area contributed by atoms with Gasteiger partial charge in [-0.3, -0.25) is 9.59 Å². The van der Waals surface area contributed by atoms with Crippen molar-refractivity contribution in [1.82, 2.24) is 0 Å². The van der Waals surface area contributed by atoms with Crippen LogP contribution in [0.5, 0.6) is 5.75 Å². The van der Waals surface area contributed by atoms with Crippen LogP contribution in [0.4, 0.5) is 17.1 Å². The first kappa shape index (κ1) is 24.8. The van der Waals surface area contributed by atoms with Gasteiger partial charge in [0.05, 0.1) is 26.4 Å². The highest BCUT2D eigenvalue weighted by molar-refractivity contribution is 6.06. The predicted molar refractivity (Wildman–Crippen MR) is 143 cm³/mol.